The first-order valence-electron chi connectivity index (χ1n) is 9.94. The van der Waals surface area contributed by atoms with Gasteiger partial charge in [0.15, 0.2) is 0 Å². The molecule has 166 valence electrons. The Bertz CT molecular complexity index is 832. The third kappa shape index (κ3) is 4.91. The van der Waals surface area contributed by atoms with Crippen molar-refractivity contribution in [3.63, 3.8) is 0 Å². The minimum atomic E-state index is -1.04. The van der Waals surface area contributed by atoms with Gasteiger partial charge in [-0.3, -0.25) is 9.69 Å². The number of carboxylic acid groups (broad SMARTS) is 1. The zero-order valence-electron chi connectivity index (χ0n) is 17.5. The molecule has 2 aliphatic rings. The van der Waals surface area contributed by atoms with Gasteiger partial charge in [0, 0.05) is 45.3 Å². The molecule has 0 radical (unpaired) electrons. The number of likely N-dealkylation sites (tertiary alicyclic amines) is 1. The second kappa shape index (κ2) is 8.87. The number of rotatable bonds is 6. The third-order valence-electron chi connectivity index (χ3n) is 5.56. The maximum absolute atomic E-state index is 13.1. The molecule has 5 N–H and O–H groups in total. The van der Waals surface area contributed by atoms with Gasteiger partial charge in [0.05, 0.1) is 28.4 Å². The highest BCUT2D eigenvalue weighted by Gasteiger charge is 2.37. The number of anilines is 1. The number of nitrogens with one attached hydrogen (secondary N) is 2. The lowest BCUT2D eigenvalue weighted by Crippen LogP contribution is -2.55. The molecule has 0 spiro atoms. The van der Waals surface area contributed by atoms with E-state index in [2.05, 4.69) is 15.5 Å². The molecule has 0 aliphatic carbocycles. The van der Waals surface area contributed by atoms with Crippen molar-refractivity contribution in [2.24, 2.45) is 0 Å². The van der Waals surface area contributed by atoms with Gasteiger partial charge >= 0.3 is 6.09 Å². The van der Waals surface area contributed by atoms with E-state index in [4.69, 9.17) is 31.9 Å². The molecule has 30 heavy (non-hydrogen) atoms. The van der Waals surface area contributed by atoms with Crippen molar-refractivity contribution in [2.45, 2.75) is 44.4 Å². The molecule has 0 aromatic heterocycles. The summed E-state index contributed by atoms with van der Waals surface area (Å²) in [7, 11) is 1.60. The first kappa shape index (κ1) is 22.5. The average molecular weight is 441 g/mol. The predicted molar refractivity (Wildman–Crippen MR) is 113 cm³/mol. The van der Waals surface area contributed by atoms with E-state index in [9.17, 15) is 9.59 Å². The Balaban J connectivity index is 1.69. The van der Waals surface area contributed by atoms with E-state index < -0.39 is 11.7 Å². The summed E-state index contributed by atoms with van der Waals surface area (Å²) in [5.41, 5.74) is 7.25. The van der Waals surface area contributed by atoms with Crippen LogP contribution in [0.25, 0.3) is 0 Å². The fourth-order valence-corrected chi connectivity index (χ4v) is 4.28. The molecular formula is C20H29ClN4O5. The lowest BCUT2D eigenvalue weighted by molar-refractivity contribution is 0.00681. The topological polar surface area (TPSA) is 126 Å². The molecule has 2 amide bonds. The number of carbonyl (C=O) groups excluding carboxylic acids is 1. The molecule has 2 aliphatic heterocycles. The number of hydrogen-bond donors (Lipinski definition) is 4. The Morgan fingerprint density at radius 1 is 1.47 bits per heavy atom. The van der Waals surface area contributed by atoms with Crippen LogP contribution in [0.15, 0.2) is 6.07 Å². The Kier molecular flexibility index (Phi) is 6.64. The summed E-state index contributed by atoms with van der Waals surface area (Å²) in [6, 6.07) is 1.37. The third-order valence-corrected chi connectivity index (χ3v) is 5.88. The lowest BCUT2D eigenvalue weighted by Gasteiger charge is -2.38. The molecule has 2 atom stereocenters. The number of halogens is 1. The van der Waals surface area contributed by atoms with E-state index >= 15 is 0 Å². The Morgan fingerprint density at radius 2 is 2.20 bits per heavy atom. The van der Waals surface area contributed by atoms with Crippen molar-refractivity contribution in [2.75, 3.05) is 39.0 Å². The molecule has 9 nitrogen and oxygen atoms in total. The van der Waals surface area contributed by atoms with Crippen molar-refractivity contribution in [1.29, 1.82) is 0 Å². The van der Waals surface area contributed by atoms with Gasteiger partial charge in [0.2, 0.25) is 0 Å². The van der Waals surface area contributed by atoms with E-state index in [1.807, 2.05) is 13.8 Å². The Labute approximate surface area is 180 Å². The number of piperidine rings is 1. The second-order valence-corrected chi connectivity index (χ2v) is 8.75. The molecule has 2 heterocycles. The number of nitrogen functional groups attached to an aromatic ring is 1. The van der Waals surface area contributed by atoms with Gasteiger partial charge in [0.1, 0.15) is 11.4 Å². The van der Waals surface area contributed by atoms with Gasteiger partial charge in [-0.15, -0.1) is 0 Å². The second-order valence-electron chi connectivity index (χ2n) is 8.34. The van der Waals surface area contributed by atoms with Gasteiger partial charge < -0.3 is 30.9 Å². The molecule has 0 bridgehead atoms. The first-order chi connectivity index (χ1) is 14.1. The monoisotopic (exact) mass is 440 g/mol. The van der Waals surface area contributed by atoms with Crippen LogP contribution in [-0.4, -0.2) is 73.0 Å². The van der Waals surface area contributed by atoms with Crippen molar-refractivity contribution in [1.82, 2.24) is 15.5 Å². The highest BCUT2D eigenvalue weighted by Crippen LogP contribution is 2.44. The highest BCUT2D eigenvalue weighted by molar-refractivity contribution is 6.33. The lowest BCUT2D eigenvalue weighted by atomic mass is 9.97. The smallest absolute Gasteiger partial charge is 0.404 e. The van der Waals surface area contributed by atoms with E-state index in [-0.39, 0.29) is 18.1 Å². The minimum Gasteiger partial charge on any atom is -0.486 e. The zero-order chi connectivity index (χ0) is 22.1. The largest absolute Gasteiger partial charge is 0.486 e. The summed E-state index contributed by atoms with van der Waals surface area (Å²) in [5.74, 6) is 0.212. The summed E-state index contributed by atoms with van der Waals surface area (Å²) < 4.78 is 11.6. The summed E-state index contributed by atoms with van der Waals surface area (Å²) in [4.78, 5) is 25.8. The molecule has 10 heteroatoms. The van der Waals surface area contributed by atoms with Crippen molar-refractivity contribution >= 4 is 29.3 Å². The van der Waals surface area contributed by atoms with E-state index in [0.29, 0.717) is 54.5 Å². The number of nitrogens with zero attached hydrogens (tertiary/aromatic N) is 1. The molecule has 0 saturated carbocycles. The summed E-state index contributed by atoms with van der Waals surface area (Å²) >= 11 is 6.28. The number of ether oxygens (including phenoxy) is 2. The maximum Gasteiger partial charge on any atom is 0.404 e. The molecule has 0 unspecified atom stereocenters. The Morgan fingerprint density at radius 3 is 2.87 bits per heavy atom. The fraction of sp³-hybridized carbons (Fsp3) is 0.600. The summed E-state index contributed by atoms with van der Waals surface area (Å²) in [5, 5.41) is 14.4. The van der Waals surface area contributed by atoms with Gasteiger partial charge in [-0.05, 0) is 26.3 Å². The number of hydrogen-bond acceptors (Lipinski definition) is 6. The molecule has 1 aromatic rings. The first-order valence-corrected chi connectivity index (χ1v) is 10.3. The molecule has 1 saturated heterocycles. The number of amides is 2. The quantitative estimate of drug-likeness (QED) is 0.496. The van der Waals surface area contributed by atoms with Crippen molar-refractivity contribution < 1.29 is 24.2 Å². The van der Waals surface area contributed by atoms with Crippen LogP contribution in [0.2, 0.25) is 5.02 Å². The van der Waals surface area contributed by atoms with Crippen LogP contribution in [0.1, 0.15) is 36.2 Å². The van der Waals surface area contributed by atoms with Crippen LogP contribution >= 0.6 is 11.6 Å². The van der Waals surface area contributed by atoms with E-state index in [1.54, 1.807) is 13.2 Å². The molecular weight excluding hydrogens is 412 g/mol. The normalized spacial score (nSPS) is 22.8. The van der Waals surface area contributed by atoms with Gasteiger partial charge in [-0.25, -0.2) is 4.79 Å². The summed E-state index contributed by atoms with van der Waals surface area (Å²) in [6.45, 7) is 6.11. The van der Waals surface area contributed by atoms with Crippen LogP contribution < -0.4 is 21.1 Å². The summed E-state index contributed by atoms with van der Waals surface area (Å²) in [6.07, 6.45) is -0.00440. The predicted octanol–water partition coefficient (Wildman–Crippen LogP) is 1.72. The van der Waals surface area contributed by atoms with Crippen molar-refractivity contribution in [3.8, 4) is 5.75 Å². The Hall–Kier alpha value is -2.23. The number of methoxy groups -OCH3 is 1. The van der Waals surface area contributed by atoms with Gasteiger partial charge in [-0.1, -0.05) is 11.6 Å². The molecule has 1 fully saturated rings. The van der Waals surface area contributed by atoms with Crippen LogP contribution in [0, 0.1) is 0 Å². The number of fused-ring (bicyclic) bond motifs is 1. The maximum atomic E-state index is 13.1. The van der Waals surface area contributed by atoms with Gasteiger partial charge in [0.25, 0.3) is 5.91 Å². The number of carbonyl (C=O) groups is 2. The van der Waals surface area contributed by atoms with Crippen molar-refractivity contribution in [3.05, 3.63) is 22.2 Å². The van der Waals surface area contributed by atoms with Gasteiger partial charge in [-0.2, -0.15) is 0 Å². The minimum absolute atomic E-state index is 0.187. The highest BCUT2D eigenvalue weighted by atomic mass is 35.5. The molecule has 3 rings (SSSR count). The van der Waals surface area contributed by atoms with Crippen LogP contribution in [-0.2, 0) is 11.2 Å². The number of nitrogens with two attached hydrogens (primary N) is 1. The fourth-order valence-electron chi connectivity index (χ4n) is 4.05. The average Bonchev–Trinajstić information content (AvgIpc) is 3.00. The van der Waals surface area contributed by atoms with Crippen LogP contribution in [0.3, 0.4) is 0 Å². The van der Waals surface area contributed by atoms with Crippen LogP contribution in [0.5, 0.6) is 5.75 Å². The molecule has 1 aromatic carbocycles. The standard InChI is InChI=1S/C20H29ClN4O5/c1-20(2)9-12-16(22)13(21)8-11(17(12)30-20)18(26)24-14-4-6-25(10-15(14)29-3)7-5-23-19(27)28/h8,14-15,23H,4-7,9-10,22H2,1-3H3,(H,24,26)(H,27,28)/t14-,15+/m0/s1. The SMILES string of the molecule is CO[C@@H]1CN(CCNC(=O)O)CC[C@@H]1NC(=O)c1cc(Cl)c(N)c2c1OC(C)(C)C2. The number of benzene rings is 1. The van der Waals surface area contributed by atoms with Crippen LogP contribution in [0.4, 0.5) is 10.5 Å². The van der Waals surface area contributed by atoms with E-state index in [0.717, 1.165) is 12.1 Å². The zero-order valence-corrected chi connectivity index (χ0v) is 18.2. The van der Waals surface area contributed by atoms with E-state index in [1.165, 1.54) is 0 Å².